The second-order valence-electron chi connectivity index (χ2n) is 12.7. The third kappa shape index (κ3) is 8.66. The van der Waals surface area contributed by atoms with Gasteiger partial charge in [-0.05, 0) is 75.7 Å². The molecule has 2 aromatic carbocycles. The molecular weight excluding hydrogens is 688 g/mol. The van der Waals surface area contributed by atoms with Gasteiger partial charge in [0.2, 0.25) is 10.9 Å². The number of carbonyl (C=O) groups is 1. The van der Waals surface area contributed by atoms with E-state index in [1.165, 1.54) is 37.7 Å². The van der Waals surface area contributed by atoms with Gasteiger partial charge in [0.15, 0.2) is 0 Å². The summed E-state index contributed by atoms with van der Waals surface area (Å²) >= 11 is 6.59. The number of aromatic nitrogens is 3. The normalized spacial score (nSPS) is 15.1. The quantitative estimate of drug-likeness (QED) is 0.211. The Morgan fingerprint density at radius 1 is 1.06 bits per heavy atom. The Labute approximate surface area is 295 Å². The predicted octanol–water partition coefficient (Wildman–Crippen LogP) is 3.63. The molecule has 1 aliphatic rings. The molecule has 11 nitrogen and oxygen atoms in total. The Morgan fingerprint density at radius 2 is 1.70 bits per heavy atom. The van der Waals surface area contributed by atoms with Crippen LogP contribution in [-0.2, 0) is 28.3 Å². The van der Waals surface area contributed by atoms with E-state index in [-0.39, 0.29) is 45.6 Å². The van der Waals surface area contributed by atoms with Crippen LogP contribution < -0.4 is 10.0 Å². The molecule has 0 bridgehead atoms. The number of rotatable bonds is 10. The number of likely N-dealkylation sites (N-methyl/N-ethyl adjacent to an activating group) is 1. The summed E-state index contributed by atoms with van der Waals surface area (Å²) in [7, 11) is -1.17. The summed E-state index contributed by atoms with van der Waals surface area (Å²) in [5, 5.41) is 17.7. The van der Waals surface area contributed by atoms with Crippen molar-refractivity contribution in [1.29, 1.82) is 0 Å². The number of nitrogens with zero attached hydrogens (tertiary/aromatic N) is 5. The molecule has 1 fully saturated rings. The van der Waals surface area contributed by atoms with E-state index in [0.717, 1.165) is 25.7 Å². The molecule has 0 spiro atoms. The van der Waals surface area contributed by atoms with Gasteiger partial charge in [-0.25, -0.2) is 26.9 Å². The number of halogens is 3. The minimum absolute atomic E-state index is 0.0477. The van der Waals surface area contributed by atoms with Crippen molar-refractivity contribution in [3.8, 4) is 23.0 Å². The topological polar surface area (TPSA) is 133 Å². The molecule has 0 radical (unpaired) electrons. The zero-order chi connectivity index (χ0) is 36.4. The average molecular weight is 728 g/mol. The molecule has 3 heterocycles. The van der Waals surface area contributed by atoms with Crippen LogP contribution in [0.2, 0.25) is 5.02 Å². The summed E-state index contributed by atoms with van der Waals surface area (Å²) in [6.45, 7) is 9.22. The molecule has 5 rings (SSSR count). The number of hydrogen-bond acceptors (Lipinski definition) is 8. The van der Waals surface area contributed by atoms with E-state index in [4.69, 9.17) is 16.6 Å². The number of aryl methyl sites for hydroxylation is 1. The minimum Gasteiger partial charge on any atom is -0.378 e. The molecule has 1 saturated heterocycles. The van der Waals surface area contributed by atoms with Crippen LogP contribution in [-0.4, -0.2) is 95.9 Å². The first-order valence-electron chi connectivity index (χ1n) is 16.1. The summed E-state index contributed by atoms with van der Waals surface area (Å²) in [5.74, 6) is 3.76. The number of pyridine rings is 1. The summed E-state index contributed by atoms with van der Waals surface area (Å²) in [5.41, 5.74) is 0.831. The van der Waals surface area contributed by atoms with Crippen LogP contribution in [0.4, 0.5) is 8.78 Å². The van der Waals surface area contributed by atoms with Crippen LogP contribution in [0.25, 0.3) is 22.0 Å². The number of piperazine rings is 1. The monoisotopic (exact) mass is 727 g/mol. The maximum Gasteiger partial charge on any atom is 0.260 e. The maximum absolute atomic E-state index is 14.4. The van der Waals surface area contributed by atoms with Crippen molar-refractivity contribution in [2.24, 2.45) is 7.05 Å². The van der Waals surface area contributed by atoms with Crippen LogP contribution in [0, 0.1) is 23.5 Å². The molecule has 15 heteroatoms. The second-order valence-corrected chi connectivity index (χ2v) is 14.9. The lowest BCUT2D eigenvalue weighted by Crippen LogP contribution is -2.49. The van der Waals surface area contributed by atoms with Crippen LogP contribution in [0.5, 0.6) is 0 Å². The third-order valence-electron chi connectivity index (χ3n) is 8.45. The fraction of sp³-hybridized carbons (Fsp3) is 0.400. The summed E-state index contributed by atoms with van der Waals surface area (Å²) in [6, 6.07) is 8.82. The zero-order valence-corrected chi connectivity index (χ0v) is 30.1. The second kappa shape index (κ2) is 15.1. The van der Waals surface area contributed by atoms with Gasteiger partial charge in [-0.2, -0.15) is 5.10 Å². The van der Waals surface area contributed by atoms with Gasteiger partial charge in [-0.3, -0.25) is 14.4 Å². The Balaban J connectivity index is 1.69. The van der Waals surface area contributed by atoms with Gasteiger partial charge in [-0.15, -0.1) is 0 Å². The maximum atomic E-state index is 14.4. The number of benzene rings is 2. The minimum atomic E-state index is -4.02. The predicted molar refractivity (Wildman–Crippen MR) is 188 cm³/mol. The first kappa shape index (κ1) is 37.3. The van der Waals surface area contributed by atoms with Gasteiger partial charge < -0.3 is 15.3 Å². The van der Waals surface area contributed by atoms with E-state index in [1.807, 2.05) is 4.90 Å². The highest BCUT2D eigenvalue weighted by molar-refractivity contribution is 7.89. The van der Waals surface area contributed by atoms with E-state index in [0.29, 0.717) is 35.4 Å². The van der Waals surface area contributed by atoms with Gasteiger partial charge in [0, 0.05) is 50.4 Å². The van der Waals surface area contributed by atoms with Crippen molar-refractivity contribution in [3.05, 3.63) is 76.1 Å². The molecule has 1 amide bonds. The molecule has 266 valence electrons. The highest BCUT2D eigenvalue weighted by atomic mass is 35.5. The zero-order valence-electron chi connectivity index (χ0n) is 28.5. The van der Waals surface area contributed by atoms with Gasteiger partial charge in [-0.1, -0.05) is 30.5 Å². The fourth-order valence-corrected chi connectivity index (χ4v) is 7.18. The Hall–Kier alpha value is -3.97. The molecule has 1 aliphatic heterocycles. The highest BCUT2D eigenvalue weighted by Crippen LogP contribution is 2.39. The average Bonchev–Trinajstić information content (AvgIpc) is 3.42. The molecular formula is C35H40ClF2N7O4S. The lowest BCUT2D eigenvalue weighted by molar-refractivity contribution is -0.123. The Bertz CT molecular complexity index is 2060. The molecule has 1 atom stereocenters. The van der Waals surface area contributed by atoms with Gasteiger partial charge >= 0.3 is 0 Å². The first-order chi connectivity index (χ1) is 23.6. The van der Waals surface area contributed by atoms with Crippen LogP contribution in [0.15, 0.2) is 47.5 Å². The van der Waals surface area contributed by atoms with Gasteiger partial charge in [0.1, 0.15) is 22.9 Å². The van der Waals surface area contributed by atoms with Crippen molar-refractivity contribution in [3.63, 3.8) is 0 Å². The molecule has 0 saturated carbocycles. The van der Waals surface area contributed by atoms with Crippen LogP contribution in [0.3, 0.4) is 0 Å². The third-order valence-corrected chi connectivity index (χ3v) is 10.1. The number of amides is 1. The molecule has 4 aromatic rings. The number of aliphatic hydroxyl groups is 1. The van der Waals surface area contributed by atoms with E-state index < -0.39 is 33.3 Å². The SMILES string of the molecule is CCN1CCN(CC(=O)N[C@@H](Cc2cc(F)cc(F)c2)c2nc(C#CC(C)(C)O)ccc2-c2ccc(Cl)c3c(S(=O)(=O)NC)nn(C)c23)CC1. The molecule has 0 aliphatic carbocycles. The molecule has 50 heavy (non-hydrogen) atoms. The molecule has 0 unspecified atom stereocenters. The van der Waals surface area contributed by atoms with Crippen molar-refractivity contribution < 1.29 is 27.1 Å². The molecule has 2 aromatic heterocycles. The summed E-state index contributed by atoms with van der Waals surface area (Å²) in [4.78, 5) is 22.9. The number of hydrogen-bond donors (Lipinski definition) is 3. The van der Waals surface area contributed by atoms with Crippen molar-refractivity contribution in [1.82, 2.24) is 34.6 Å². The first-order valence-corrected chi connectivity index (χ1v) is 18.0. The van der Waals surface area contributed by atoms with Gasteiger partial charge in [0.25, 0.3) is 10.0 Å². The van der Waals surface area contributed by atoms with E-state index in [1.54, 1.807) is 31.3 Å². The van der Waals surface area contributed by atoms with Crippen molar-refractivity contribution in [2.45, 2.75) is 43.9 Å². The number of carbonyl (C=O) groups excluding carboxylic acids is 1. The summed E-state index contributed by atoms with van der Waals surface area (Å²) < 4.78 is 58.5. The largest absolute Gasteiger partial charge is 0.378 e. The lowest BCUT2D eigenvalue weighted by Gasteiger charge is -2.34. The highest BCUT2D eigenvalue weighted by Gasteiger charge is 2.29. The lowest BCUT2D eigenvalue weighted by atomic mass is 9.93. The smallest absolute Gasteiger partial charge is 0.260 e. The number of nitrogens with one attached hydrogen (secondary N) is 2. The van der Waals surface area contributed by atoms with E-state index in [9.17, 15) is 27.1 Å². The van der Waals surface area contributed by atoms with E-state index in [2.05, 4.69) is 38.8 Å². The number of fused-ring (bicyclic) bond motifs is 1. The van der Waals surface area contributed by atoms with E-state index >= 15 is 0 Å². The van der Waals surface area contributed by atoms with Crippen molar-refractivity contribution in [2.75, 3.05) is 46.3 Å². The molecule has 3 N–H and O–H groups in total. The fourth-order valence-electron chi connectivity index (χ4n) is 5.99. The standard InChI is InChI=1S/C35H40ClF2N7O4S/c1-6-44-13-15-45(16-14-44)21-30(46)41-29(19-22-17-23(37)20-24(38)18-22)32-26(8-7-25(40-32)11-12-35(2,3)47)27-9-10-28(36)31-33(27)43(5)42-34(31)50(48,49)39-4/h7-10,17-18,20,29,39,47H,6,13-16,19,21H2,1-5H3,(H,41,46)/t29-/m0/s1. The number of sulfonamides is 1. The Kier molecular flexibility index (Phi) is 11.3. The Morgan fingerprint density at radius 3 is 2.32 bits per heavy atom. The van der Waals surface area contributed by atoms with Crippen LogP contribution >= 0.6 is 11.6 Å². The van der Waals surface area contributed by atoms with Crippen molar-refractivity contribution >= 4 is 38.4 Å². The summed E-state index contributed by atoms with van der Waals surface area (Å²) in [6.07, 6.45) is -0.0477. The van der Waals surface area contributed by atoms with Gasteiger partial charge in [0.05, 0.1) is 34.2 Å². The van der Waals surface area contributed by atoms with Crippen LogP contribution in [0.1, 0.15) is 43.8 Å².